The molecule has 0 heterocycles. The summed E-state index contributed by atoms with van der Waals surface area (Å²) in [6.45, 7) is 3.01. The molecule has 0 aromatic heterocycles. The highest BCUT2D eigenvalue weighted by atomic mass is 32.2. The minimum Gasteiger partial charge on any atom is -0.320 e. The molecule has 0 bridgehead atoms. The molecular weight excluding hydrogens is 206 g/mol. The first-order valence-electron chi connectivity index (χ1n) is 5.28. The molecule has 1 rings (SSSR count). The number of nitrogens with one attached hydrogen (secondary N) is 1. The van der Waals surface area contributed by atoms with Crippen LogP contribution in [0, 0.1) is 6.92 Å². The Morgan fingerprint density at radius 3 is 2.73 bits per heavy atom. The zero-order chi connectivity index (χ0) is 11.1. The van der Waals surface area contributed by atoms with Crippen LogP contribution in [0.3, 0.4) is 0 Å². The molecule has 3 heteroatoms. The number of hydrogen-bond acceptors (Lipinski definition) is 2. The third-order valence-electron chi connectivity index (χ3n) is 2.38. The molecule has 1 aromatic rings. The van der Waals surface area contributed by atoms with E-state index in [4.69, 9.17) is 0 Å². The SMILES string of the molecule is CNCCCS(=O)Cc1ccccc1C. The van der Waals surface area contributed by atoms with E-state index < -0.39 is 10.8 Å². The quantitative estimate of drug-likeness (QED) is 0.749. The molecule has 84 valence electrons. The van der Waals surface area contributed by atoms with Gasteiger partial charge in [0.15, 0.2) is 0 Å². The first-order chi connectivity index (χ1) is 7.24. The Balaban J connectivity index is 2.41. The van der Waals surface area contributed by atoms with Crippen LogP contribution in [0.1, 0.15) is 17.5 Å². The molecule has 15 heavy (non-hydrogen) atoms. The molecule has 1 atom stereocenters. The van der Waals surface area contributed by atoms with Crippen molar-refractivity contribution in [2.75, 3.05) is 19.3 Å². The van der Waals surface area contributed by atoms with Crippen molar-refractivity contribution >= 4 is 10.8 Å². The van der Waals surface area contributed by atoms with Crippen LogP contribution in [-0.4, -0.2) is 23.6 Å². The van der Waals surface area contributed by atoms with Crippen molar-refractivity contribution in [3.8, 4) is 0 Å². The second-order valence-electron chi connectivity index (χ2n) is 3.67. The van der Waals surface area contributed by atoms with Gasteiger partial charge in [0.1, 0.15) is 0 Å². The average Bonchev–Trinajstić information content (AvgIpc) is 2.22. The molecule has 0 saturated carbocycles. The highest BCUT2D eigenvalue weighted by Gasteiger charge is 2.03. The van der Waals surface area contributed by atoms with Gasteiger partial charge in [-0.15, -0.1) is 0 Å². The monoisotopic (exact) mass is 225 g/mol. The van der Waals surface area contributed by atoms with Crippen LogP contribution >= 0.6 is 0 Å². The Morgan fingerprint density at radius 1 is 1.33 bits per heavy atom. The Labute approximate surface area is 94.5 Å². The molecular formula is C12H19NOS. The minimum absolute atomic E-state index is 0.691. The van der Waals surface area contributed by atoms with Crippen molar-refractivity contribution in [1.82, 2.24) is 5.32 Å². The van der Waals surface area contributed by atoms with Crippen LogP contribution < -0.4 is 5.32 Å². The summed E-state index contributed by atoms with van der Waals surface area (Å²) in [5.74, 6) is 1.48. The number of rotatable bonds is 6. The average molecular weight is 225 g/mol. The summed E-state index contributed by atoms with van der Waals surface area (Å²) in [6.07, 6.45) is 0.981. The van der Waals surface area contributed by atoms with Crippen molar-refractivity contribution in [3.05, 3.63) is 35.4 Å². The lowest BCUT2D eigenvalue weighted by atomic mass is 10.1. The first kappa shape index (κ1) is 12.4. The van der Waals surface area contributed by atoms with E-state index in [2.05, 4.69) is 24.4 Å². The van der Waals surface area contributed by atoms with Crippen molar-refractivity contribution in [3.63, 3.8) is 0 Å². The fourth-order valence-corrected chi connectivity index (χ4v) is 2.71. The second kappa shape index (κ2) is 6.75. The molecule has 1 unspecified atom stereocenters. The maximum atomic E-state index is 11.7. The number of aryl methyl sites for hydroxylation is 1. The third-order valence-corrected chi connectivity index (χ3v) is 3.75. The largest absolute Gasteiger partial charge is 0.320 e. The van der Waals surface area contributed by atoms with Gasteiger partial charge in [-0.1, -0.05) is 24.3 Å². The van der Waals surface area contributed by atoms with E-state index in [1.54, 1.807) is 0 Å². The summed E-state index contributed by atoms with van der Waals surface area (Å²) in [5.41, 5.74) is 2.44. The Kier molecular flexibility index (Phi) is 5.58. The lowest BCUT2D eigenvalue weighted by Crippen LogP contribution is -2.12. The molecule has 1 aromatic carbocycles. The van der Waals surface area contributed by atoms with Gasteiger partial charge in [-0.3, -0.25) is 4.21 Å². The molecule has 0 saturated heterocycles. The topological polar surface area (TPSA) is 29.1 Å². The summed E-state index contributed by atoms with van der Waals surface area (Å²) < 4.78 is 11.7. The lowest BCUT2D eigenvalue weighted by molar-refractivity contribution is 0.676. The normalized spacial score (nSPS) is 12.7. The van der Waals surface area contributed by atoms with Gasteiger partial charge in [-0.05, 0) is 38.1 Å². The molecule has 0 fully saturated rings. The van der Waals surface area contributed by atoms with Gasteiger partial charge in [0.05, 0.1) is 0 Å². The van der Waals surface area contributed by atoms with Crippen LogP contribution in [-0.2, 0) is 16.6 Å². The summed E-state index contributed by atoms with van der Waals surface area (Å²) >= 11 is 0. The zero-order valence-electron chi connectivity index (χ0n) is 9.45. The molecule has 0 amide bonds. The maximum absolute atomic E-state index is 11.7. The van der Waals surface area contributed by atoms with Crippen LogP contribution in [0.25, 0.3) is 0 Å². The van der Waals surface area contributed by atoms with Gasteiger partial charge >= 0.3 is 0 Å². The number of hydrogen-bond donors (Lipinski definition) is 1. The Bertz CT molecular complexity index is 325. The Morgan fingerprint density at radius 2 is 2.07 bits per heavy atom. The molecule has 0 aliphatic heterocycles. The summed E-state index contributed by atoms with van der Waals surface area (Å²) in [7, 11) is 1.20. The van der Waals surface area contributed by atoms with Crippen molar-refractivity contribution in [2.45, 2.75) is 19.1 Å². The fraction of sp³-hybridized carbons (Fsp3) is 0.500. The third kappa shape index (κ3) is 4.58. The first-order valence-corrected chi connectivity index (χ1v) is 6.77. The Hall–Kier alpha value is -0.670. The highest BCUT2D eigenvalue weighted by molar-refractivity contribution is 7.84. The van der Waals surface area contributed by atoms with Gasteiger partial charge in [0, 0.05) is 22.3 Å². The molecule has 0 aliphatic carbocycles. The van der Waals surface area contributed by atoms with E-state index in [0.717, 1.165) is 18.7 Å². The molecule has 0 aliphatic rings. The number of benzene rings is 1. The van der Waals surface area contributed by atoms with E-state index >= 15 is 0 Å². The molecule has 0 radical (unpaired) electrons. The van der Waals surface area contributed by atoms with Gasteiger partial charge in [-0.25, -0.2) is 0 Å². The predicted octanol–water partition coefficient (Wildman–Crippen LogP) is 1.85. The van der Waals surface area contributed by atoms with Crippen LogP contribution in [0.2, 0.25) is 0 Å². The van der Waals surface area contributed by atoms with Crippen LogP contribution in [0.15, 0.2) is 24.3 Å². The predicted molar refractivity (Wildman–Crippen MR) is 66.4 cm³/mol. The van der Waals surface area contributed by atoms with Crippen LogP contribution in [0.4, 0.5) is 0 Å². The molecule has 1 N–H and O–H groups in total. The van der Waals surface area contributed by atoms with Gasteiger partial charge in [-0.2, -0.15) is 0 Å². The zero-order valence-corrected chi connectivity index (χ0v) is 10.3. The minimum atomic E-state index is -0.723. The molecule has 0 spiro atoms. The fourth-order valence-electron chi connectivity index (χ4n) is 1.43. The standard InChI is InChI=1S/C12H19NOS/c1-11-6-3-4-7-12(11)10-15(14)9-5-8-13-2/h3-4,6-7,13H,5,8-10H2,1-2H3. The lowest BCUT2D eigenvalue weighted by Gasteiger charge is -2.05. The van der Waals surface area contributed by atoms with Crippen molar-refractivity contribution in [1.29, 1.82) is 0 Å². The summed E-state index contributed by atoms with van der Waals surface area (Å²) in [5, 5.41) is 3.06. The van der Waals surface area contributed by atoms with E-state index in [-0.39, 0.29) is 0 Å². The van der Waals surface area contributed by atoms with Crippen LogP contribution in [0.5, 0.6) is 0 Å². The van der Waals surface area contributed by atoms with Gasteiger partial charge in [0.25, 0.3) is 0 Å². The van der Waals surface area contributed by atoms with E-state index in [1.165, 1.54) is 11.1 Å². The van der Waals surface area contributed by atoms with Gasteiger partial charge in [0.2, 0.25) is 0 Å². The van der Waals surface area contributed by atoms with E-state index in [0.29, 0.717) is 5.75 Å². The van der Waals surface area contributed by atoms with E-state index in [1.807, 2.05) is 19.2 Å². The highest BCUT2D eigenvalue weighted by Crippen LogP contribution is 2.09. The smallest absolute Gasteiger partial charge is 0.0488 e. The summed E-state index contributed by atoms with van der Waals surface area (Å²) in [6, 6.07) is 8.15. The van der Waals surface area contributed by atoms with Crippen molar-refractivity contribution < 1.29 is 4.21 Å². The maximum Gasteiger partial charge on any atom is 0.0488 e. The van der Waals surface area contributed by atoms with Gasteiger partial charge < -0.3 is 5.32 Å². The van der Waals surface area contributed by atoms with Crippen molar-refractivity contribution in [2.24, 2.45) is 0 Å². The second-order valence-corrected chi connectivity index (χ2v) is 5.25. The van der Waals surface area contributed by atoms with E-state index in [9.17, 15) is 4.21 Å². The summed E-state index contributed by atoms with van der Waals surface area (Å²) in [4.78, 5) is 0. The molecule has 2 nitrogen and oxygen atoms in total.